The molecule has 1 aromatic carbocycles. The smallest absolute Gasteiger partial charge is 0.253 e. The molecule has 0 aromatic heterocycles. The van der Waals surface area contributed by atoms with Gasteiger partial charge in [-0.05, 0) is 24.1 Å². The van der Waals surface area contributed by atoms with Crippen molar-refractivity contribution in [2.75, 3.05) is 20.7 Å². The number of benzene rings is 1. The first-order valence-corrected chi connectivity index (χ1v) is 5.54. The average molecular weight is 239 g/mol. The number of carbonyl (C=O) groups is 1. The molecule has 0 spiro atoms. The first-order valence-electron chi connectivity index (χ1n) is 5.54. The van der Waals surface area contributed by atoms with E-state index < -0.39 is 5.82 Å². The van der Waals surface area contributed by atoms with E-state index in [0.29, 0.717) is 18.0 Å². The summed E-state index contributed by atoms with van der Waals surface area (Å²) in [5.41, 5.74) is 0.436. The Bertz CT molecular complexity index is 404. The van der Waals surface area contributed by atoms with Gasteiger partial charge in [-0.1, -0.05) is 13.8 Å². The molecule has 3 nitrogen and oxygen atoms in total. The van der Waals surface area contributed by atoms with Crippen molar-refractivity contribution in [2.24, 2.45) is 5.92 Å². The molecule has 1 rings (SSSR count). The highest BCUT2D eigenvalue weighted by Crippen LogP contribution is 2.19. The largest absolute Gasteiger partial charge is 0.494 e. The van der Waals surface area contributed by atoms with E-state index in [1.165, 1.54) is 25.3 Å². The first-order chi connectivity index (χ1) is 7.95. The fourth-order valence-corrected chi connectivity index (χ4v) is 1.64. The maximum absolute atomic E-state index is 13.2. The third-order valence-corrected chi connectivity index (χ3v) is 2.38. The Labute approximate surface area is 101 Å². The second kappa shape index (κ2) is 5.66. The predicted octanol–water partition coefficient (Wildman–Crippen LogP) is 2.56. The van der Waals surface area contributed by atoms with Gasteiger partial charge in [0, 0.05) is 19.2 Å². The summed E-state index contributed by atoms with van der Waals surface area (Å²) in [4.78, 5) is 13.6. The van der Waals surface area contributed by atoms with Crippen LogP contribution in [0.1, 0.15) is 24.2 Å². The monoisotopic (exact) mass is 239 g/mol. The number of nitrogens with zero attached hydrogens (tertiary/aromatic N) is 1. The molecule has 17 heavy (non-hydrogen) atoms. The maximum Gasteiger partial charge on any atom is 0.253 e. The summed E-state index contributed by atoms with van der Waals surface area (Å²) in [6, 6.07) is 4.14. The molecule has 0 atom stereocenters. The van der Waals surface area contributed by atoms with Gasteiger partial charge in [0.25, 0.3) is 5.91 Å². The molecule has 0 bridgehead atoms. The Hall–Kier alpha value is -1.58. The first kappa shape index (κ1) is 13.5. The molecule has 94 valence electrons. The average Bonchev–Trinajstić information content (AvgIpc) is 2.27. The number of ether oxygens (including phenoxy) is 1. The molecule has 0 fully saturated rings. The Morgan fingerprint density at radius 2 is 2.12 bits per heavy atom. The molecule has 0 heterocycles. The van der Waals surface area contributed by atoms with Crippen LogP contribution in [0.15, 0.2) is 18.2 Å². The lowest BCUT2D eigenvalue weighted by Gasteiger charge is -2.19. The minimum Gasteiger partial charge on any atom is -0.494 e. The van der Waals surface area contributed by atoms with Crippen LogP contribution in [0.3, 0.4) is 0 Å². The molecule has 0 aliphatic carbocycles. The van der Waals surface area contributed by atoms with Crippen LogP contribution in [-0.4, -0.2) is 31.5 Å². The third kappa shape index (κ3) is 3.44. The molecule has 0 saturated carbocycles. The second-order valence-corrected chi connectivity index (χ2v) is 4.43. The minimum atomic E-state index is -0.462. The summed E-state index contributed by atoms with van der Waals surface area (Å²) in [5.74, 6) is -0.104. The van der Waals surface area contributed by atoms with Crippen molar-refractivity contribution in [3.8, 4) is 5.75 Å². The lowest BCUT2D eigenvalue weighted by molar-refractivity contribution is 0.0778. The highest BCUT2D eigenvalue weighted by atomic mass is 19.1. The lowest BCUT2D eigenvalue weighted by Crippen LogP contribution is -2.30. The quantitative estimate of drug-likeness (QED) is 0.808. The number of methoxy groups -OCH3 is 1. The van der Waals surface area contributed by atoms with Crippen LogP contribution in [-0.2, 0) is 0 Å². The van der Waals surface area contributed by atoms with Crippen molar-refractivity contribution >= 4 is 5.91 Å². The number of hydrogen-bond acceptors (Lipinski definition) is 2. The lowest BCUT2D eigenvalue weighted by atomic mass is 10.1. The normalized spacial score (nSPS) is 10.5. The van der Waals surface area contributed by atoms with Gasteiger partial charge in [0.1, 0.15) is 0 Å². The molecule has 1 amide bonds. The van der Waals surface area contributed by atoms with Crippen LogP contribution in [0.4, 0.5) is 4.39 Å². The molecule has 0 unspecified atom stereocenters. The number of amides is 1. The van der Waals surface area contributed by atoms with Gasteiger partial charge in [0.05, 0.1) is 7.11 Å². The van der Waals surface area contributed by atoms with Gasteiger partial charge in [0.2, 0.25) is 0 Å². The number of hydrogen-bond donors (Lipinski definition) is 0. The minimum absolute atomic E-state index is 0.0915. The summed E-state index contributed by atoms with van der Waals surface area (Å²) in [7, 11) is 3.11. The van der Waals surface area contributed by atoms with E-state index in [4.69, 9.17) is 4.74 Å². The number of carbonyl (C=O) groups excluding carboxylic acids is 1. The fraction of sp³-hybridized carbons (Fsp3) is 0.462. The Morgan fingerprint density at radius 3 is 2.65 bits per heavy atom. The molecule has 0 radical (unpaired) electrons. The SMILES string of the molecule is COc1cc(C(=O)N(C)CC(C)C)ccc1F. The zero-order chi connectivity index (χ0) is 13.0. The van der Waals surface area contributed by atoms with E-state index in [0.717, 1.165) is 0 Å². The highest BCUT2D eigenvalue weighted by Gasteiger charge is 2.14. The Balaban J connectivity index is 2.89. The van der Waals surface area contributed by atoms with E-state index in [2.05, 4.69) is 0 Å². The van der Waals surface area contributed by atoms with Crippen LogP contribution in [0, 0.1) is 11.7 Å². The zero-order valence-electron chi connectivity index (χ0n) is 10.7. The van der Waals surface area contributed by atoms with Crippen LogP contribution >= 0.6 is 0 Å². The number of rotatable bonds is 4. The van der Waals surface area contributed by atoms with Gasteiger partial charge in [-0.15, -0.1) is 0 Å². The summed E-state index contributed by atoms with van der Waals surface area (Å²) in [6.07, 6.45) is 0. The van der Waals surface area contributed by atoms with Crippen LogP contribution in [0.25, 0.3) is 0 Å². The summed E-state index contributed by atoms with van der Waals surface area (Å²) in [5, 5.41) is 0. The van der Waals surface area contributed by atoms with Crippen molar-refractivity contribution in [1.29, 1.82) is 0 Å². The molecule has 0 aliphatic heterocycles. The van der Waals surface area contributed by atoms with Gasteiger partial charge in [-0.2, -0.15) is 0 Å². The van der Waals surface area contributed by atoms with Crippen LogP contribution in [0.5, 0.6) is 5.75 Å². The zero-order valence-corrected chi connectivity index (χ0v) is 10.7. The summed E-state index contributed by atoms with van der Waals surface area (Å²) < 4.78 is 18.0. The Kier molecular flexibility index (Phi) is 4.49. The molecule has 0 N–H and O–H groups in total. The van der Waals surface area contributed by atoms with Gasteiger partial charge in [-0.25, -0.2) is 4.39 Å². The molecule has 1 aromatic rings. The van der Waals surface area contributed by atoms with E-state index >= 15 is 0 Å². The van der Waals surface area contributed by atoms with Crippen molar-refractivity contribution in [3.05, 3.63) is 29.6 Å². The van der Waals surface area contributed by atoms with E-state index in [9.17, 15) is 9.18 Å². The summed E-state index contributed by atoms with van der Waals surface area (Å²) in [6.45, 7) is 4.74. The molecule has 4 heteroatoms. The van der Waals surface area contributed by atoms with Gasteiger partial charge in [0.15, 0.2) is 11.6 Å². The van der Waals surface area contributed by atoms with Crippen molar-refractivity contribution < 1.29 is 13.9 Å². The van der Waals surface area contributed by atoms with Crippen molar-refractivity contribution in [2.45, 2.75) is 13.8 Å². The highest BCUT2D eigenvalue weighted by molar-refractivity contribution is 5.94. The van der Waals surface area contributed by atoms with Gasteiger partial charge >= 0.3 is 0 Å². The van der Waals surface area contributed by atoms with Crippen molar-refractivity contribution in [3.63, 3.8) is 0 Å². The second-order valence-electron chi connectivity index (χ2n) is 4.43. The predicted molar refractivity (Wildman–Crippen MR) is 64.8 cm³/mol. The fourth-order valence-electron chi connectivity index (χ4n) is 1.64. The van der Waals surface area contributed by atoms with Gasteiger partial charge < -0.3 is 9.64 Å². The molecule has 0 saturated heterocycles. The topological polar surface area (TPSA) is 29.5 Å². The Morgan fingerprint density at radius 1 is 1.47 bits per heavy atom. The van der Waals surface area contributed by atoms with E-state index in [1.54, 1.807) is 11.9 Å². The maximum atomic E-state index is 13.2. The molecular formula is C13H18FNO2. The summed E-state index contributed by atoms with van der Waals surface area (Å²) >= 11 is 0. The standard InChI is InChI=1S/C13H18FNO2/c1-9(2)8-15(3)13(16)10-5-6-11(14)12(7-10)17-4/h5-7,9H,8H2,1-4H3. The van der Waals surface area contributed by atoms with Crippen molar-refractivity contribution in [1.82, 2.24) is 4.90 Å². The van der Waals surface area contributed by atoms with E-state index in [1.807, 2.05) is 13.8 Å². The molecular weight excluding hydrogens is 221 g/mol. The van der Waals surface area contributed by atoms with Crippen LogP contribution in [0.2, 0.25) is 0 Å². The third-order valence-electron chi connectivity index (χ3n) is 2.38. The van der Waals surface area contributed by atoms with E-state index in [-0.39, 0.29) is 11.7 Å². The van der Waals surface area contributed by atoms with Crippen LogP contribution < -0.4 is 4.74 Å². The molecule has 0 aliphatic rings. The number of halogens is 1. The van der Waals surface area contributed by atoms with Gasteiger partial charge in [-0.3, -0.25) is 4.79 Å².